The van der Waals surface area contributed by atoms with Gasteiger partial charge in [-0.2, -0.15) is 0 Å². The van der Waals surface area contributed by atoms with Gasteiger partial charge in [-0.25, -0.2) is 14.4 Å². The van der Waals surface area contributed by atoms with Crippen LogP contribution < -0.4 is 14.8 Å². The minimum Gasteiger partial charge on any atom is -0.493 e. The van der Waals surface area contributed by atoms with Crippen LogP contribution in [0, 0.1) is 5.82 Å². The Morgan fingerprint density at radius 1 is 1.18 bits per heavy atom. The first kappa shape index (κ1) is 22.9. The Balaban J connectivity index is 1.65. The molecule has 2 heterocycles. The Kier molecular flexibility index (Phi) is 6.44. The van der Waals surface area contributed by atoms with E-state index in [1.165, 1.54) is 25.6 Å². The number of fused-ring (bicyclic) bond motifs is 1. The van der Waals surface area contributed by atoms with E-state index in [1.807, 2.05) is 13.2 Å². The summed E-state index contributed by atoms with van der Waals surface area (Å²) in [6.45, 7) is 0.463. The number of methoxy groups -OCH3 is 1. The van der Waals surface area contributed by atoms with Gasteiger partial charge in [-0.3, -0.25) is 4.79 Å². The number of nitrogens with one attached hydrogen (secondary N) is 1. The third-order valence-corrected chi connectivity index (χ3v) is 5.92. The van der Waals surface area contributed by atoms with Gasteiger partial charge in [0, 0.05) is 31.7 Å². The summed E-state index contributed by atoms with van der Waals surface area (Å²) < 4.78 is 26.0. The molecule has 0 fully saturated rings. The Morgan fingerprint density at radius 2 is 1.97 bits per heavy atom. The maximum atomic E-state index is 14.5. The summed E-state index contributed by atoms with van der Waals surface area (Å²) >= 11 is 11.8. The average Bonchev–Trinajstić information content (AvgIpc) is 2.80. The predicted molar refractivity (Wildman–Crippen MR) is 125 cm³/mol. The zero-order valence-corrected chi connectivity index (χ0v) is 19.5. The number of ether oxygens (including phenoxy) is 2. The molecular formula is C22H20Cl2FN5O3. The molecule has 1 aliphatic heterocycles. The van der Waals surface area contributed by atoms with Crippen LogP contribution in [-0.4, -0.2) is 60.0 Å². The number of benzene rings is 2. The lowest BCUT2D eigenvalue weighted by atomic mass is 10.2. The third kappa shape index (κ3) is 4.60. The summed E-state index contributed by atoms with van der Waals surface area (Å²) in [5, 5.41) is 3.44. The smallest absolute Gasteiger partial charge is 0.246 e. The second kappa shape index (κ2) is 9.29. The summed E-state index contributed by atoms with van der Waals surface area (Å²) in [6, 6.07) is 6.35. The molecule has 0 spiro atoms. The highest BCUT2D eigenvalue weighted by atomic mass is 35.5. The first-order valence-corrected chi connectivity index (χ1v) is 10.6. The van der Waals surface area contributed by atoms with Crippen molar-refractivity contribution >= 4 is 51.5 Å². The molecule has 0 saturated carbocycles. The van der Waals surface area contributed by atoms with E-state index in [9.17, 15) is 9.18 Å². The van der Waals surface area contributed by atoms with E-state index in [0.29, 0.717) is 40.5 Å². The lowest BCUT2D eigenvalue weighted by molar-refractivity contribution is -0.130. The van der Waals surface area contributed by atoms with Crippen LogP contribution in [0.5, 0.6) is 11.5 Å². The molecule has 11 heteroatoms. The van der Waals surface area contributed by atoms with Crippen LogP contribution in [0.1, 0.15) is 0 Å². The molecule has 0 saturated heterocycles. The highest BCUT2D eigenvalue weighted by Crippen LogP contribution is 2.36. The van der Waals surface area contributed by atoms with E-state index in [4.69, 9.17) is 32.7 Å². The number of amides is 1. The fraction of sp³-hybridized carbons (Fsp3) is 0.227. The van der Waals surface area contributed by atoms with Gasteiger partial charge in [0.25, 0.3) is 0 Å². The van der Waals surface area contributed by atoms with Crippen molar-refractivity contribution in [3.8, 4) is 11.5 Å². The zero-order valence-electron chi connectivity index (χ0n) is 18.0. The summed E-state index contributed by atoms with van der Waals surface area (Å²) in [5.74, 6) is 0.498. The number of rotatable bonds is 6. The second-order valence-electron chi connectivity index (χ2n) is 7.37. The molecule has 1 aromatic heterocycles. The largest absolute Gasteiger partial charge is 0.493 e. The molecule has 1 amide bonds. The second-order valence-corrected chi connectivity index (χ2v) is 8.15. The minimum absolute atomic E-state index is 0.0259. The predicted octanol–water partition coefficient (Wildman–Crippen LogP) is 4.45. The molecule has 0 radical (unpaired) electrons. The Labute approximate surface area is 199 Å². The topological polar surface area (TPSA) is 79.8 Å². The number of halogens is 3. The van der Waals surface area contributed by atoms with E-state index >= 15 is 0 Å². The van der Waals surface area contributed by atoms with Crippen LogP contribution >= 0.6 is 23.2 Å². The van der Waals surface area contributed by atoms with Gasteiger partial charge in [0.2, 0.25) is 5.91 Å². The van der Waals surface area contributed by atoms with Crippen LogP contribution in [-0.2, 0) is 4.79 Å². The molecule has 3 aromatic rings. The number of hydrogen-bond donors (Lipinski definition) is 1. The van der Waals surface area contributed by atoms with Crippen LogP contribution in [0.25, 0.3) is 10.9 Å². The Morgan fingerprint density at radius 3 is 2.73 bits per heavy atom. The molecule has 0 bridgehead atoms. The van der Waals surface area contributed by atoms with Crippen LogP contribution in [0.2, 0.25) is 10.0 Å². The van der Waals surface area contributed by atoms with Gasteiger partial charge in [0.05, 0.1) is 40.6 Å². The van der Waals surface area contributed by atoms with Crippen molar-refractivity contribution < 1.29 is 18.7 Å². The van der Waals surface area contributed by atoms with Crippen LogP contribution in [0.3, 0.4) is 0 Å². The van der Waals surface area contributed by atoms with Crippen molar-refractivity contribution in [3.63, 3.8) is 0 Å². The Hall–Kier alpha value is -3.30. The fourth-order valence-corrected chi connectivity index (χ4v) is 3.65. The fourth-order valence-electron chi connectivity index (χ4n) is 3.34. The van der Waals surface area contributed by atoms with Gasteiger partial charge in [-0.05, 0) is 18.2 Å². The molecular weight excluding hydrogens is 472 g/mol. The van der Waals surface area contributed by atoms with Crippen molar-refractivity contribution in [1.82, 2.24) is 19.8 Å². The maximum Gasteiger partial charge on any atom is 0.246 e. The summed E-state index contributed by atoms with van der Waals surface area (Å²) in [4.78, 5) is 23.9. The molecule has 172 valence electrons. The van der Waals surface area contributed by atoms with Gasteiger partial charge in [0.15, 0.2) is 17.3 Å². The first-order chi connectivity index (χ1) is 15.8. The highest BCUT2D eigenvalue weighted by molar-refractivity contribution is 6.42. The molecule has 0 aliphatic carbocycles. The van der Waals surface area contributed by atoms with Crippen molar-refractivity contribution in [2.75, 3.05) is 39.7 Å². The van der Waals surface area contributed by atoms with Crippen molar-refractivity contribution in [2.24, 2.45) is 0 Å². The minimum atomic E-state index is -0.688. The van der Waals surface area contributed by atoms with E-state index in [1.54, 1.807) is 29.0 Å². The van der Waals surface area contributed by atoms with Crippen LogP contribution in [0.4, 0.5) is 15.9 Å². The molecule has 1 aliphatic rings. The number of aromatic nitrogens is 2. The van der Waals surface area contributed by atoms with Gasteiger partial charge in [-0.15, -0.1) is 0 Å². The van der Waals surface area contributed by atoms with Crippen LogP contribution in [0.15, 0.2) is 42.5 Å². The number of carbonyl (C=O) groups is 1. The Bertz CT molecular complexity index is 1270. The van der Waals surface area contributed by atoms with Crippen molar-refractivity contribution in [3.05, 3.63) is 58.4 Å². The monoisotopic (exact) mass is 491 g/mol. The number of carbonyl (C=O) groups excluding carboxylic acids is 1. The lowest BCUT2D eigenvalue weighted by Crippen LogP contribution is -2.41. The lowest BCUT2D eigenvalue weighted by Gasteiger charge is -2.30. The third-order valence-electron chi connectivity index (χ3n) is 5.14. The molecule has 1 N–H and O–H groups in total. The van der Waals surface area contributed by atoms with E-state index in [-0.39, 0.29) is 28.2 Å². The zero-order chi connectivity index (χ0) is 23.7. The molecule has 2 aromatic carbocycles. The number of hydrogen-bond acceptors (Lipinski definition) is 7. The molecule has 0 unspecified atom stereocenters. The van der Waals surface area contributed by atoms with Crippen molar-refractivity contribution in [1.29, 1.82) is 0 Å². The van der Waals surface area contributed by atoms with E-state index < -0.39 is 5.82 Å². The molecule has 8 nitrogen and oxygen atoms in total. The highest BCUT2D eigenvalue weighted by Gasteiger charge is 2.22. The normalized spacial score (nSPS) is 13.9. The average molecular weight is 492 g/mol. The summed E-state index contributed by atoms with van der Waals surface area (Å²) in [7, 11) is 5.03. The number of anilines is 2. The quantitative estimate of drug-likeness (QED) is 0.510. The van der Waals surface area contributed by atoms with Gasteiger partial charge in [-0.1, -0.05) is 23.2 Å². The maximum absolute atomic E-state index is 14.5. The van der Waals surface area contributed by atoms with E-state index in [0.717, 1.165) is 0 Å². The van der Waals surface area contributed by atoms with Gasteiger partial charge in [0.1, 0.15) is 18.8 Å². The SMILES string of the molecule is COc1cc2c(Nc3ccc(Cl)c(Cl)c3F)ncnc2cc1OCC1=CN(C)CC(=O)N1C. The first-order valence-electron chi connectivity index (χ1n) is 9.82. The van der Waals surface area contributed by atoms with Gasteiger partial charge >= 0.3 is 0 Å². The number of nitrogens with zero attached hydrogens (tertiary/aromatic N) is 4. The standard InChI is InChI=1S/C22H20Cl2FN5O3/c1-29-8-12(30(2)19(31)9-29)10-33-18-7-16-13(6-17(18)32-3)22(27-11-26-16)28-15-5-4-14(23)20(24)21(15)25/h4-8,11H,9-10H2,1-3H3,(H,26,27,28). The van der Waals surface area contributed by atoms with Crippen molar-refractivity contribution in [2.45, 2.75) is 0 Å². The number of likely N-dealkylation sites (N-methyl/N-ethyl adjacent to an activating group) is 2. The molecule has 0 atom stereocenters. The van der Waals surface area contributed by atoms with E-state index in [2.05, 4.69) is 15.3 Å². The van der Waals surface area contributed by atoms with Gasteiger partial charge < -0.3 is 24.6 Å². The molecule has 4 rings (SSSR count). The summed E-state index contributed by atoms with van der Waals surface area (Å²) in [5.41, 5.74) is 1.36. The molecule has 33 heavy (non-hydrogen) atoms. The summed E-state index contributed by atoms with van der Waals surface area (Å²) in [6.07, 6.45) is 3.20.